The molecule has 1 aromatic rings. The maximum Gasteiger partial charge on any atom is 0.0236 e. The number of hydrogen-bond donors (Lipinski definition) is 1. The Balaban J connectivity index is 2.81. The van der Waals surface area contributed by atoms with Crippen LogP contribution in [0.15, 0.2) is 12.1 Å². The van der Waals surface area contributed by atoms with Gasteiger partial charge in [0, 0.05) is 19.1 Å². The summed E-state index contributed by atoms with van der Waals surface area (Å²) in [5.74, 6) is 0. The van der Waals surface area contributed by atoms with Crippen LogP contribution in [0.3, 0.4) is 0 Å². The SMILES string of the molecule is Cc1cc(C)c(CN(C)CC(C)N)c(C)c1. The largest absolute Gasteiger partial charge is 0.327 e. The summed E-state index contributed by atoms with van der Waals surface area (Å²) >= 11 is 0. The maximum atomic E-state index is 5.81. The highest BCUT2D eigenvalue weighted by molar-refractivity contribution is 5.37. The van der Waals surface area contributed by atoms with Gasteiger partial charge in [-0.25, -0.2) is 0 Å². The second-order valence-electron chi connectivity index (χ2n) is 5.05. The van der Waals surface area contributed by atoms with Crippen LogP contribution >= 0.6 is 0 Å². The fraction of sp³-hybridized carbons (Fsp3) is 0.571. The van der Waals surface area contributed by atoms with Crippen LogP contribution in [0.5, 0.6) is 0 Å². The lowest BCUT2D eigenvalue weighted by molar-refractivity contribution is 0.309. The molecular weight excluding hydrogens is 196 g/mol. The molecule has 2 heteroatoms. The minimum Gasteiger partial charge on any atom is -0.327 e. The van der Waals surface area contributed by atoms with Gasteiger partial charge in [-0.3, -0.25) is 0 Å². The quantitative estimate of drug-likeness (QED) is 0.844. The van der Waals surface area contributed by atoms with Gasteiger partial charge in [0.05, 0.1) is 0 Å². The Morgan fingerprint density at radius 1 is 1.19 bits per heavy atom. The third kappa shape index (κ3) is 3.62. The smallest absolute Gasteiger partial charge is 0.0236 e. The van der Waals surface area contributed by atoms with E-state index in [4.69, 9.17) is 5.73 Å². The van der Waals surface area contributed by atoms with Gasteiger partial charge in [0.2, 0.25) is 0 Å². The highest BCUT2D eigenvalue weighted by Crippen LogP contribution is 2.17. The fourth-order valence-electron chi connectivity index (χ4n) is 2.29. The monoisotopic (exact) mass is 220 g/mol. The highest BCUT2D eigenvalue weighted by atomic mass is 15.1. The summed E-state index contributed by atoms with van der Waals surface area (Å²) in [5.41, 5.74) is 11.4. The minimum absolute atomic E-state index is 0.232. The molecule has 90 valence electrons. The molecule has 0 heterocycles. The number of hydrogen-bond acceptors (Lipinski definition) is 2. The average molecular weight is 220 g/mol. The zero-order chi connectivity index (χ0) is 12.3. The van der Waals surface area contributed by atoms with Crippen LogP contribution in [0.1, 0.15) is 29.2 Å². The van der Waals surface area contributed by atoms with E-state index in [9.17, 15) is 0 Å². The second kappa shape index (κ2) is 5.46. The third-order valence-electron chi connectivity index (χ3n) is 2.87. The molecule has 0 saturated heterocycles. The Kier molecular flexibility index (Phi) is 4.51. The Bertz CT molecular complexity index is 333. The lowest BCUT2D eigenvalue weighted by atomic mass is 9.99. The molecule has 0 radical (unpaired) electrons. The summed E-state index contributed by atoms with van der Waals surface area (Å²) in [6, 6.07) is 4.74. The number of nitrogens with zero attached hydrogens (tertiary/aromatic N) is 1. The molecule has 0 amide bonds. The first kappa shape index (κ1) is 13.2. The van der Waals surface area contributed by atoms with E-state index in [2.05, 4.69) is 44.9 Å². The van der Waals surface area contributed by atoms with Crippen molar-refractivity contribution in [2.45, 2.75) is 40.3 Å². The Morgan fingerprint density at radius 2 is 1.69 bits per heavy atom. The topological polar surface area (TPSA) is 29.3 Å². The molecule has 16 heavy (non-hydrogen) atoms. The molecule has 1 unspecified atom stereocenters. The van der Waals surface area contributed by atoms with Gasteiger partial charge in [-0.15, -0.1) is 0 Å². The van der Waals surface area contributed by atoms with Gasteiger partial charge in [-0.1, -0.05) is 17.7 Å². The molecule has 0 bridgehead atoms. The molecular formula is C14H24N2. The van der Waals surface area contributed by atoms with Crippen LogP contribution in [0.25, 0.3) is 0 Å². The van der Waals surface area contributed by atoms with Crippen LogP contribution < -0.4 is 5.73 Å². The third-order valence-corrected chi connectivity index (χ3v) is 2.87. The normalized spacial score (nSPS) is 13.2. The van der Waals surface area contributed by atoms with E-state index < -0.39 is 0 Å². The number of aryl methyl sites for hydroxylation is 3. The summed E-state index contributed by atoms with van der Waals surface area (Å²) in [5, 5.41) is 0. The zero-order valence-corrected chi connectivity index (χ0v) is 11.2. The van der Waals surface area contributed by atoms with Crippen LogP contribution in [0.4, 0.5) is 0 Å². The van der Waals surface area contributed by atoms with Crippen LogP contribution in [0.2, 0.25) is 0 Å². The van der Waals surface area contributed by atoms with E-state index in [1.165, 1.54) is 22.3 Å². The van der Waals surface area contributed by atoms with Crippen molar-refractivity contribution in [3.8, 4) is 0 Å². The van der Waals surface area contributed by atoms with Gasteiger partial charge >= 0.3 is 0 Å². The van der Waals surface area contributed by atoms with Gasteiger partial charge < -0.3 is 10.6 Å². The van der Waals surface area contributed by atoms with E-state index >= 15 is 0 Å². The fourth-order valence-corrected chi connectivity index (χ4v) is 2.29. The maximum absolute atomic E-state index is 5.81. The standard InChI is InChI=1S/C14H24N2/c1-10-6-11(2)14(12(3)7-10)9-16(5)8-13(4)15/h6-7,13H,8-9,15H2,1-5H3. The predicted octanol–water partition coefficient (Wildman–Crippen LogP) is 2.39. The van der Waals surface area contributed by atoms with Crippen molar-refractivity contribution in [1.82, 2.24) is 4.90 Å². The van der Waals surface area contributed by atoms with Crippen molar-refractivity contribution in [1.29, 1.82) is 0 Å². The first-order valence-corrected chi connectivity index (χ1v) is 5.91. The molecule has 0 fully saturated rings. The van der Waals surface area contributed by atoms with Crippen molar-refractivity contribution in [2.75, 3.05) is 13.6 Å². The van der Waals surface area contributed by atoms with Gasteiger partial charge in [-0.05, 0) is 51.4 Å². The number of rotatable bonds is 4. The molecule has 2 N–H and O–H groups in total. The van der Waals surface area contributed by atoms with Crippen LogP contribution in [-0.4, -0.2) is 24.5 Å². The summed E-state index contributed by atoms with van der Waals surface area (Å²) in [6.45, 7) is 10.5. The van der Waals surface area contributed by atoms with Gasteiger partial charge in [0.25, 0.3) is 0 Å². The lowest BCUT2D eigenvalue weighted by Crippen LogP contribution is -2.32. The first-order valence-electron chi connectivity index (χ1n) is 5.91. The van der Waals surface area contributed by atoms with Crippen molar-refractivity contribution in [2.24, 2.45) is 5.73 Å². The predicted molar refractivity (Wildman–Crippen MR) is 70.6 cm³/mol. The Hall–Kier alpha value is -0.860. The molecule has 0 saturated carbocycles. The van der Waals surface area contributed by atoms with E-state index in [0.29, 0.717) is 0 Å². The highest BCUT2D eigenvalue weighted by Gasteiger charge is 2.08. The second-order valence-corrected chi connectivity index (χ2v) is 5.05. The Labute approximate surface area is 99.5 Å². The number of nitrogens with two attached hydrogens (primary N) is 1. The molecule has 0 spiro atoms. The van der Waals surface area contributed by atoms with Crippen LogP contribution in [-0.2, 0) is 6.54 Å². The number of likely N-dealkylation sites (N-methyl/N-ethyl adjacent to an activating group) is 1. The molecule has 2 nitrogen and oxygen atoms in total. The first-order chi connectivity index (χ1) is 7.40. The van der Waals surface area contributed by atoms with Gasteiger partial charge in [-0.2, -0.15) is 0 Å². The lowest BCUT2D eigenvalue weighted by Gasteiger charge is -2.21. The molecule has 1 aromatic carbocycles. The molecule has 1 atom stereocenters. The van der Waals surface area contributed by atoms with Crippen molar-refractivity contribution in [3.05, 3.63) is 34.4 Å². The van der Waals surface area contributed by atoms with Crippen molar-refractivity contribution in [3.63, 3.8) is 0 Å². The minimum atomic E-state index is 0.232. The molecule has 0 aliphatic carbocycles. The summed E-state index contributed by atoms with van der Waals surface area (Å²) in [6.07, 6.45) is 0. The molecule has 0 aliphatic heterocycles. The summed E-state index contributed by atoms with van der Waals surface area (Å²) < 4.78 is 0. The van der Waals surface area contributed by atoms with E-state index in [1.54, 1.807) is 0 Å². The zero-order valence-electron chi connectivity index (χ0n) is 11.2. The Morgan fingerprint density at radius 3 is 2.12 bits per heavy atom. The average Bonchev–Trinajstić information content (AvgIpc) is 2.09. The van der Waals surface area contributed by atoms with E-state index in [-0.39, 0.29) is 6.04 Å². The summed E-state index contributed by atoms with van der Waals surface area (Å²) in [4.78, 5) is 2.29. The molecule has 1 rings (SSSR count). The molecule has 0 aliphatic rings. The van der Waals surface area contributed by atoms with Gasteiger partial charge in [0.1, 0.15) is 0 Å². The van der Waals surface area contributed by atoms with Crippen LogP contribution in [0, 0.1) is 20.8 Å². The van der Waals surface area contributed by atoms with Crippen molar-refractivity contribution < 1.29 is 0 Å². The van der Waals surface area contributed by atoms with Crippen molar-refractivity contribution >= 4 is 0 Å². The van der Waals surface area contributed by atoms with E-state index in [0.717, 1.165) is 13.1 Å². The number of benzene rings is 1. The van der Waals surface area contributed by atoms with E-state index in [1.807, 2.05) is 6.92 Å². The molecule has 0 aromatic heterocycles. The summed E-state index contributed by atoms with van der Waals surface area (Å²) in [7, 11) is 2.13. The van der Waals surface area contributed by atoms with Gasteiger partial charge in [0.15, 0.2) is 0 Å².